The van der Waals surface area contributed by atoms with Crippen LogP contribution in [-0.4, -0.2) is 63.7 Å². The number of carboxylic acid groups (broad SMARTS) is 1. The molecule has 0 bridgehead atoms. The van der Waals surface area contributed by atoms with Gasteiger partial charge in [-0.3, -0.25) is 4.79 Å². The van der Waals surface area contributed by atoms with Gasteiger partial charge in [-0.15, -0.1) is 0 Å². The Balaban J connectivity index is 0.000000248. The van der Waals surface area contributed by atoms with Crippen LogP contribution in [0.25, 0.3) is 33.7 Å². The molecule has 0 fully saturated rings. The molecule has 0 aliphatic carbocycles. The minimum absolute atomic E-state index is 0.118. The fraction of sp³-hybridized carbons (Fsp3) is 0.235. The first-order chi connectivity index (χ1) is 21.6. The molecule has 238 valence electrons. The van der Waals surface area contributed by atoms with Gasteiger partial charge in [0.05, 0.1) is 45.1 Å². The van der Waals surface area contributed by atoms with E-state index in [4.69, 9.17) is 52.4 Å². The summed E-state index contributed by atoms with van der Waals surface area (Å²) in [7, 11) is 6.16. The Labute approximate surface area is 271 Å². The molecule has 0 heterocycles. The van der Waals surface area contributed by atoms with Crippen LogP contribution >= 0.6 is 23.2 Å². The van der Waals surface area contributed by atoms with E-state index in [-0.39, 0.29) is 24.6 Å². The van der Waals surface area contributed by atoms with E-state index in [9.17, 15) is 9.59 Å². The van der Waals surface area contributed by atoms with Crippen LogP contribution in [0.4, 0.5) is 0 Å². The smallest absolute Gasteiger partial charge is 0.331 e. The molecule has 0 aromatic heterocycles. The lowest BCUT2D eigenvalue weighted by molar-refractivity contribution is -0.132. The van der Waals surface area contributed by atoms with Gasteiger partial charge in [-0.25, -0.2) is 4.79 Å². The fourth-order valence-corrected chi connectivity index (χ4v) is 5.33. The lowest BCUT2D eigenvalue weighted by Crippen LogP contribution is -2.26. The van der Waals surface area contributed by atoms with Crippen LogP contribution in [0.5, 0.6) is 23.0 Å². The Kier molecular flexibility index (Phi) is 12.5. The molecule has 0 atom stereocenters. The van der Waals surface area contributed by atoms with E-state index in [1.807, 2.05) is 48.5 Å². The summed E-state index contributed by atoms with van der Waals surface area (Å²) in [5.74, 6) is 0.831. The minimum Gasteiger partial charge on any atom is -0.495 e. The van der Waals surface area contributed by atoms with Crippen LogP contribution in [0.2, 0.25) is 10.0 Å². The molecule has 0 saturated heterocycles. The largest absolute Gasteiger partial charge is 0.495 e. The third-order valence-corrected chi connectivity index (χ3v) is 7.58. The fourth-order valence-electron chi connectivity index (χ4n) is 4.69. The number of hydrogen-bond acceptors (Lipinski definition) is 7. The van der Waals surface area contributed by atoms with Crippen molar-refractivity contribution in [1.29, 1.82) is 0 Å². The number of methoxy groups -OCH3 is 4. The van der Waals surface area contributed by atoms with Crippen LogP contribution in [-0.2, 0) is 9.59 Å². The lowest BCUT2D eigenvalue weighted by Gasteiger charge is -2.16. The number of amides is 1. The highest BCUT2D eigenvalue weighted by Gasteiger charge is 2.20. The summed E-state index contributed by atoms with van der Waals surface area (Å²) < 4.78 is 21.8. The Hall–Kier alpha value is -4.44. The monoisotopic (exact) mass is 655 g/mol. The zero-order chi connectivity index (χ0) is 33.3. The molecule has 4 aromatic carbocycles. The van der Waals surface area contributed by atoms with E-state index in [1.165, 1.54) is 27.2 Å². The molecule has 0 radical (unpaired) electrons. The maximum atomic E-state index is 12.0. The van der Waals surface area contributed by atoms with Gasteiger partial charge in [0.25, 0.3) is 0 Å². The normalized spacial score (nSPS) is 11.5. The maximum absolute atomic E-state index is 12.0. The first kappa shape index (κ1) is 35.0. The van der Waals surface area contributed by atoms with Gasteiger partial charge in [-0.2, -0.15) is 0 Å². The van der Waals surface area contributed by atoms with Crippen molar-refractivity contribution in [2.75, 3.05) is 41.6 Å². The van der Waals surface area contributed by atoms with Crippen LogP contribution < -0.4 is 24.3 Å². The van der Waals surface area contributed by atoms with E-state index >= 15 is 0 Å². The van der Waals surface area contributed by atoms with Crippen molar-refractivity contribution in [2.45, 2.75) is 13.8 Å². The number of ether oxygens (including phenoxy) is 4. The number of halogens is 2. The van der Waals surface area contributed by atoms with Crippen molar-refractivity contribution in [2.24, 2.45) is 0 Å². The number of nitrogens with one attached hydrogen (secondary N) is 1. The summed E-state index contributed by atoms with van der Waals surface area (Å²) in [6.45, 7) is 3.24. The first-order valence-electron chi connectivity index (χ1n) is 13.7. The summed E-state index contributed by atoms with van der Waals surface area (Å²) >= 11 is 12.9. The number of hydrogen-bond donors (Lipinski definition) is 3. The van der Waals surface area contributed by atoms with Crippen LogP contribution in [0.3, 0.4) is 0 Å². The number of aliphatic carboxylic acids is 1. The second-order valence-corrected chi connectivity index (χ2v) is 10.4. The molecular weight excluding hydrogens is 621 g/mol. The van der Waals surface area contributed by atoms with Crippen LogP contribution in [0, 0.1) is 0 Å². The molecule has 11 heteroatoms. The van der Waals surface area contributed by atoms with Gasteiger partial charge in [0.2, 0.25) is 5.91 Å². The quantitative estimate of drug-likeness (QED) is 0.156. The molecule has 0 unspecified atom stereocenters. The summed E-state index contributed by atoms with van der Waals surface area (Å²) in [4.78, 5) is 23.1. The third kappa shape index (κ3) is 7.62. The average Bonchev–Trinajstić information content (AvgIpc) is 3.04. The van der Waals surface area contributed by atoms with Gasteiger partial charge in [0, 0.05) is 50.4 Å². The van der Waals surface area contributed by atoms with Gasteiger partial charge in [-0.05, 0) is 26.0 Å². The van der Waals surface area contributed by atoms with Gasteiger partial charge in [0.1, 0.15) is 23.0 Å². The van der Waals surface area contributed by atoms with Crippen molar-refractivity contribution in [3.05, 3.63) is 80.8 Å². The number of rotatable bonds is 10. The zero-order valence-electron chi connectivity index (χ0n) is 25.8. The van der Waals surface area contributed by atoms with Crippen molar-refractivity contribution >= 4 is 68.8 Å². The SMILES string of the molecule is COc1c(Cl)c(/C=C(\C)C(=O)NCCO)c(OC)c2ccccc12.COc1c(Cl)c(/C=C(\C)C(=O)O)c(OC)c2ccccc12. The summed E-state index contributed by atoms with van der Waals surface area (Å²) in [6.07, 6.45) is 3.14. The zero-order valence-corrected chi connectivity index (χ0v) is 27.3. The second kappa shape index (κ2) is 16.0. The first-order valence-corrected chi connectivity index (χ1v) is 14.4. The highest BCUT2D eigenvalue weighted by atomic mass is 35.5. The van der Waals surface area contributed by atoms with Crippen LogP contribution in [0.15, 0.2) is 59.7 Å². The number of carbonyl (C=O) groups excluding carboxylic acids is 1. The molecule has 3 N–H and O–H groups in total. The molecule has 4 aromatic rings. The Morgan fingerprint density at radius 2 is 1.04 bits per heavy atom. The van der Waals surface area contributed by atoms with Crippen molar-refractivity contribution in [3.8, 4) is 23.0 Å². The van der Waals surface area contributed by atoms with Crippen molar-refractivity contribution < 1.29 is 38.7 Å². The molecular formula is C34H35Cl2NO8. The molecule has 4 rings (SSSR count). The highest BCUT2D eigenvalue weighted by molar-refractivity contribution is 6.36. The van der Waals surface area contributed by atoms with Crippen LogP contribution in [0.1, 0.15) is 25.0 Å². The second-order valence-electron chi connectivity index (χ2n) is 9.62. The van der Waals surface area contributed by atoms with Gasteiger partial charge in [-0.1, -0.05) is 71.7 Å². The highest BCUT2D eigenvalue weighted by Crippen LogP contribution is 2.45. The van der Waals surface area contributed by atoms with E-state index in [1.54, 1.807) is 27.2 Å². The molecule has 0 aliphatic heterocycles. The summed E-state index contributed by atoms with van der Waals surface area (Å²) in [5, 5.41) is 24.5. The molecule has 1 amide bonds. The van der Waals surface area contributed by atoms with E-state index in [0.717, 1.165) is 21.5 Å². The minimum atomic E-state index is -1.01. The lowest BCUT2D eigenvalue weighted by atomic mass is 10.0. The van der Waals surface area contributed by atoms with E-state index < -0.39 is 5.97 Å². The molecule has 9 nitrogen and oxygen atoms in total. The number of aliphatic hydroxyl groups excluding tert-OH is 1. The van der Waals surface area contributed by atoms with Crippen molar-refractivity contribution in [1.82, 2.24) is 5.32 Å². The van der Waals surface area contributed by atoms with Crippen molar-refractivity contribution in [3.63, 3.8) is 0 Å². The summed E-state index contributed by atoms with van der Waals surface area (Å²) in [6, 6.07) is 15.1. The molecule has 45 heavy (non-hydrogen) atoms. The van der Waals surface area contributed by atoms with Gasteiger partial charge >= 0.3 is 5.97 Å². The Morgan fingerprint density at radius 1 is 0.689 bits per heavy atom. The van der Waals surface area contributed by atoms with E-state index in [2.05, 4.69) is 5.32 Å². The molecule has 0 saturated carbocycles. The maximum Gasteiger partial charge on any atom is 0.331 e. The number of benzene rings is 4. The summed E-state index contributed by atoms with van der Waals surface area (Å²) in [5.41, 5.74) is 1.68. The predicted octanol–water partition coefficient (Wildman–Crippen LogP) is 7.02. The molecule has 0 aliphatic rings. The standard InChI is InChI=1S/C18H20ClNO4.C16H15ClO4/c1-11(18(22)20-8-9-21)10-14-15(19)17(24-3)13-7-5-4-6-12(13)16(14)23-2;1-9(16(18)19)8-12-13(17)15(21-3)11-7-5-4-6-10(11)14(12)20-2/h4-7,10,21H,8-9H2,1-3H3,(H,20,22);4-8H,1-3H3,(H,18,19)/b11-10+;9-8+. The predicted molar refractivity (Wildman–Crippen MR) is 179 cm³/mol. The average molecular weight is 657 g/mol. The Morgan fingerprint density at radius 3 is 1.38 bits per heavy atom. The third-order valence-electron chi connectivity index (χ3n) is 6.82. The number of carboxylic acids is 1. The van der Waals surface area contributed by atoms with Gasteiger partial charge < -0.3 is 34.5 Å². The van der Waals surface area contributed by atoms with Gasteiger partial charge in [0.15, 0.2) is 0 Å². The number of aliphatic hydroxyl groups is 1. The van der Waals surface area contributed by atoms with E-state index in [0.29, 0.717) is 49.7 Å². The topological polar surface area (TPSA) is 124 Å². The molecule has 0 spiro atoms. The number of fused-ring (bicyclic) bond motifs is 2. The Bertz CT molecular complexity index is 1780. The number of carbonyl (C=O) groups is 2.